The lowest BCUT2D eigenvalue weighted by Crippen LogP contribution is -2.16. The molecule has 0 fully saturated rings. The molecule has 1 aromatic carbocycles. The van der Waals surface area contributed by atoms with Gasteiger partial charge in [0.15, 0.2) is 17.5 Å². The van der Waals surface area contributed by atoms with Crippen LogP contribution in [0.2, 0.25) is 0 Å². The predicted octanol–water partition coefficient (Wildman–Crippen LogP) is 5.97. The van der Waals surface area contributed by atoms with Gasteiger partial charge < -0.3 is 0 Å². The number of halogens is 7. The molecule has 0 aliphatic carbocycles. The minimum atomic E-state index is -1.92. The quantitative estimate of drug-likeness (QED) is 0.309. The molecule has 4 nitrogen and oxygen atoms in total. The summed E-state index contributed by atoms with van der Waals surface area (Å²) in [7, 11) is 0. The van der Waals surface area contributed by atoms with Gasteiger partial charge in [-0.05, 0) is 23.2 Å². The third-order valence-electron chi connectivity index (χ3n) is 2.72. The van der Waals surface area contributed by atoms with Crippen LogP contribution < -0.4 is 0 Å². The number of carbonyl (C=O) groups excluding carboxylic acids is 1. The molecular formula is C14H6Cl7N3O. The molecule has 0 aliphatic rings. The maximum Gasteiger partial charge on any atom is 0.250 e. The molecule has 0 unspecified atom stereocenters. The molecule has 0 saturated carbocycles. The summed E-state index contributed by atoms with van der Waals surface area (Å²) in [6, 6.07) is 6.77. The summed E-state index contributed by atoms with van der Waals surface area (Å²) in [5.74, 6) is -0.206. The van der Waals surface area contributed by atoms with E-state index in [1.54, 1.807) is 30.3 Å². The zero-order valence-electron chi connectivity index (χ0n) is 11.9. The first kappa shape index (κ1) is 21.0. The first-order valence-electron chi connectivity index (χ1n) is 6.35. The highest BCUT2D eigenvalue weighted by Gasteiger charge is 2.33. The van der Waals surface area contributed by atoms with Crippen molar-refractivity contribution in [1.29, 1.82) is 0 Å². The van der Waals surface area contributed by atoms with E-state index in [1.807, 2.05) is 0 Å². The van der Waals surface area contributed by atoms with Gasteiger partial charge in [0.1, 0.15) is 0 Å². The molecule has 2 aromatic rings. The van der Waals surface area contributed by atoms with Gasteiger partial charge in [0, 0.05) is 5.56 Å². The second kappa shape index (κ2) is 8.13. The van der Waals surface area contributed by atoms with Crippen molar-refractivity contribution < 1.29 is 4.79 Å². The minimum absolute atomic E-state index is 0.154. The summed E-state index contributed by atoms with van der Waals surface area (Å²) < 4.78 is -3.85. The summed E-state index contributed by atoms with van der Waals surface area (Å²) >= 11 is 40.2. The number of nitrogens with zero attached hydrogens (tertiary/aromatic N) is 3. The second-order valence-electron chi connectivity index (χ2n) is 4.56. The van der Waals surface area contributed by atoms with Gasteiger partial charge in [-0.3, -0.25) is 4.79 Å². The van der Waals surface area contributed by atoms with Gasteiger partial charge in [-0.25, -0.2) is 15.0 Å². The van der Waals surface area contributed by atoms with Crippen LogP contribution in [-0.2, 0) is 12.4 Å². The highest BCUT2D eigenvalue weighted by Crippen LogP contribution is 2.40. The Morgan fingerprint density at radius 1 is 0.840 bits per heavy atom. The van der Waals surface area contributed by atoms with Crippen LogP contribution in [0.5, 0.6) is 0 Å². The Kier molecular flexibility index (Phi) is 6.83. The molecule has 0 saturated heterocycles. The number of benzene rings is 1. The summed E-state index contributed by atoms with van der Waals surface area (Å²) in [5, 5.41) is -0.582. The molecule has 1 heterocycles. The van der Waals surface area contributed by atoms with Crippen LogP contribution in [0.1, 0.15) is 17.2 Å². The Hall–Kier alpha value is -0.330. The van der Waals surface area contributed by atoms with E-state index in [2.05, 4.69) is 15.0 Å². The Labute approximate surface area is 178 Å². The van der Waals surface area contributed by atoms with Crippen LogP contribution in [0.15, 0.2) is 30.3 Å². The van der Waals surface area contributed by atoms with Crippen molar-refractivity contribution in [2.24, 2.45) is 0 Å². The smallest absolute Gasteiger partial charge is 0.250 e. The van der Waals surface area contributed by atoms with E-state index < -0.39 is 12.8 Å². The van der Waals surface area contributed by atoms with Gasteiger partial charge >= 0.3 is 0 Å². The molecular weight excluding hydrogens is 474 g/mol. The first-order chi connectivity index (χ1) is 11.5. The fraction of sp³-hybridized carbons (Fsp3) is 0.143. The molecule has 25 heavy (non-hydrogen) atoms. The summed E-state index contributed by atoms with van der Waals surface area (Å²) in [6.45, 7) is 0. The number of rotatable bonds is 3. The lowest BCUT2D eigenvalue weighted by molar-refractivity contribution is -0.107. The van der Waals surface area contributed by atoms with Crippen molar-refractivity contribution in [2.45, 2.75) is 7.59 Å². The maximum absolute atomic E-state index is 10.7. The second-order valence-corrected chi connectivity index (χ2v) is 9.50. The molecule has 0 bridgehead atoms. The van der Waals surface area contributed by atoms with E-state index in [9.17, 15) is 4.79 Å². The average molecular weight is 480 g/mol. The first-order valence-corrected chi connectivity index (χ1v) is 9.00. The molecule has 0 N–H and O–H groups in total. The highest BCUT2D eigenvalue weighted by atomic mass is 35.6. The Balaban J connectivity index is 2.49. The van der Waals surface area contributed by atoms with E-state index >= 15 is 0 Å². The van der Waals surface area contributed by atoms with Crippen molar-refractivity contribution in [1.82, 2.24) is 15.0 Å². The Morgan fingerprint density at radius 2 is 1.32 bits per heavy atom. The van der Waals surface area contributed by atoms with Crippen molar-refractivity contribution >= 4 is 92.5 Å². The van der Waals surface area contributed by atoms with Crippen LogP contribution in [-0.4, -0.2) is 20.2 Å². The van der Waals surface area contributed by atoms with E-state index in [0.29, 0.717) is 5.56 Å². The van der Waals surface area contributed by atoms with Crippen LogP contribution in [0.3, 0.4) is 0 Å². The third-order valence-corrected chi connectivity index (χ3v) is 3.86. The molecule has 2 rings (SSSR count). The van der Waals surface area contributed by atoms with E-state index in [0.717, 1.165) is 5.56 Å². The van der Waals surface area contributed by atoms with Gasteiger partial charge in [0.05, 0.1) is 0 Å². The largest absolute Gasteiger partial charge is 0.276 e. The topological polar surface area (TPSA) is 55.7 Å². The number of carbonyl (C=O) groups is 1. The molecule has 1 aromatic heterocycles. The highest BCUT2D eigenvalue weighted by molar-refractivity contribution is 6.67. The molecule has 0 atom stereocenters. The molecule has 11 heteroatoms. The fourth-order valence-corrected chi connectivity index (χ4v) is 2.23. The lowest BCUT2D eigenvalue weighted by atomic mass is 10.1. The number of hydrogen-bond acceptors (Lipinski definition) is 4. The van der Waals surface area contributed by atoms with E-state index in [1.165, 1.54) is 6.08 Å². The molecule has 0 spiro atoms. The van der Waals surface area contributed by atoms with Crippen LogP contribution in [0.25, 0.3) is 17.5 Å². The zero-order chi connectivity index (χ0) is 18.8. The average Bonchev–Trinajstić information content (AvgIpc) is 2.51. The molecule has 132 valence electrons. The summed E-state index contributed by atoms with van der Waals surface area (Å²) in [6.07, 6.45) is 2.77. The predicted molar refractivity (Wildman–Crippen MR) is 104 cm³/mol. The van der Waals surface area contributed by atoms with Gasteiger partial charge in [-0.15, -0.1) is 0 Å². The number of hydrogen-bond donors (Lipinski definition) is 0. The normalized spacial score (nSPS) is 12.6. The fourth-order valence-electron chi connectivity index (χ4n) is 1.66. The summed E-state index contributed by atoms with van der Waals surface area (Å²) in [4.78, 5) is 22.8. The van der Waals surface area contributed by atoms with Gasteiger partial charge in [0.25, 0.3) is 0 Å². The standard InChI is InChI=1S/C14H6Cl7N3O/c15-9(25)6-3-7-1-4-8(5-2-7)10-22-11(13(16,17)18)24-12(23-10)14(19,20)21/h1-6H. The van der Waals surface area contributed by atoms with Crippen molar-refractivity contribution in [3.63, 3.8) is 0 Å². The minimum Gasteiger partial charge on any atom is -0.276 e. The SMILES string of the molecule is O=C(Cl)C=Cc1ccc(-c2nc(C(Cl)(Cl)Cl)nc(C(Cl)(Cl)Cl)n2)cc1. The number of alkyl halides is 6. The third kappa shape index (κ3) is 6.10. The van der Waals surface area contributed by atoms with Crippen LogP contribution in [0.4, 0.5) is 0 Å². The molecule has 0 aliphatic heterocycles. The van der Waals surface area contributed by atoms with Gasteiger partial charge in [-0.1, -0.05) is 99.9 Å². The molecule has 0 amide bonds. The number of allylic oxidation sites excluding steroid dienone is 1. The van der Waals surface area contributed by atoms with Crippen molar-refractivity contribution in [2.75, 3.05) is 0 Å². The lowest BCUT2D eigenvalue weighted by Gasteiger charge is -2.15. The molecule has 0 radical (unpaired) electrons. The number of aromatic nitrogens is 3. The van der Waals surface area contributed by atoms with Crippen molar-refractivity contribution in [3.8, 4) is 11.4 Å². The van der Waals surface area contributed by atoms with E-state index in [-0.39, 0.29) is 17.5 Å². The van der Waals surface area contributed by atoms with E-state index in [4.69, 9.17) is 81.2 Å². The Morgan fingerprint density at radius 3 is 1.72 bits per heavy atom. The zero-order valence-corrected chi connectivity index (χ0v) is 17.2. The van der Waals surface area contributed by atoms with Gasteiger partial charge in [0.2, 0.25) is 12.8 Å². The summed E-state index contributed by atoms with van der Waals surface area (Å²) in [5.41, 5.74) is 1.29. The van der Waals surface area contributed by atoms with Gasteiger partial charge in [-0.2, -0.15) is 0 Å². The van der Waals surface area contributed by atoms with Crippen molar-refractivity contribution in [3.05, 3.63) is 47.6 Å². The van der Waals surface area contributed by atoms with Crippen LogP contribution in [0, 0.1) is 0 Å². The Bertz CT molecular complexity index is 778. The maximum atomic E-state index is 10.7. The monoisotopic (exact) mass is 477 g/mol. The van der Waals surface area contributed by atoms with Crippen LogP contribution >= 0.6 is 81.2 Å².